The summed E-state index contributed by atoms with van der Waals surface area (Å²) in [6, 6.07) is 0. The molecule has 0 spiro atoms. The van der Waals surface area contributed by atoms with Crippen molar-refractivity contribution in [3.8, 4) is 0 Å². The summed E-state index contributed by atoms with van der Waals surface area (Å²) < 4.78 is 0. The second kappa shape index (κ2) is 4.18. The van der Waals surface area contributed by atoms with Crippen LogP contribution in [0.25, 0.3) is 0 Å². The Hall–Kier alpha value is 0.310. The van der Waals surface area contributed by atoms with Gasteiger partial charge >= 0.3 is 0 Å². The molecule has 1 nitrogen and oxygen atoms in total. The monoisotopic (exact) mass is 145 g/mol. The number of hydrogen-bond acceptors (Lipinski definition) is 2. The van der Waals surface area contributed by atoms with Gasteiger partial charge in [-0.05, 0) is 43.2 Å². The van der Waals surface area contributed by atoms with Crippen LogP contribution in [0.15, 0.2) is 0 Å². The molecule has 0 aromatic rings. The van der Waals surface area contributed by atoms with Gasteiger partial charge in [-0.1, -0.05) is 0 Å². The minimum Gasteiger partial charge on any atom is -0.330 e. The lowest BCUT2D eigenvalue weighted by molar-refractivity contribution is 0.487. The summed E-state index contributed by atoms with van der Waals surface area (Å²) in [4.78, 5) is 0. The number of nitrogens with two attached hydrogens (primary N) is 1. The minimum atomic E-state index is 0.833. The first kappa shape index (κ1) is 7.42. The average molecular weight is 145 g/mol. The lowest BCUT2D eigenvalue weighted by atomic mass is 10.0. The van der Waals surface area contributed by atoms with E-state index in [2.05, 4.69) is 11.8 Å². The molecular weight excluding hydrogens is 130 g/mol. The van der Waals surface area contributed by atoms with Gasteiger partial charge in [-0.3, -0.25) is 0 Å². The van der Waals surface area contributed by atoms with E-state index in [1.807, 2.05) is 0 Å². The fourth-order valence-electron chi connectivity index (χ4n) is 1.21. The highest BCUT2D eigenvalue weighted by atomic mass is 32.2. The summed E-state index contributed by atoms with van der Waals surface area (Å²) in [5.74, 6) is 3.53. The van der Waals surface area contributed by atoms with Crippen molar-refractivity contribution in [3.63, 3.8) is 0 Å². The predicted molar refractivity (Wildman–Crippen MR) is 43.7 cm³/mol. The van der Waals surface area contributed by atoms with Gasteiger partial charge in [0.1, 0.15) is 0 Å². The van der Waals surface area contributed by atoms with E-state index in [1.165, 1.54) is 30.8 Å². The second-order valence-electron chi connectivity index (χ2n) is 2.65. The van der Waals surface area contributed by atoms with Crippen molar-refractivity contribution < 1.29 is 0 Å². The quantitative estimate of drug-likeness (QED) is 0.605. The highest BCUT2D eigenvalue weighted by Gasteiger charge is 2.09. The molecule has 1 fully saturated rings. The van der Waals surface area contributed by atoms with Gasteiger partial charge in [0.15, 0.2) is 0 Å². The van der Waals surface area contributed by atoms with Crippen LogP contribution < -0.4 is 5.73 Å². The van der Waals surface area contributed by atoms with Crippen LogP contribution >= 0.6 is 11.8 Å². The van der Waals surface area contributed by atoms with Crippen LogP contribution in [0, 0.1) is 5.92 Å². The smallest absolute Gasteiger partial charge is 0.00486 e. The lowest BCUT2D eigenvalue weighted by Gasteiger charge is -2.07. The molecule has 1 saturated heterocycles. The van der Waals surface area contributed by atoms with Crippen molar-refractivity contribution in [2.45, 2.75) is 19.3 Å². The zero-order chi connectivity index (χ0) is 6.53. The number of rotatable bonds is 1. The predicted octanol–water partition coefficient (Wildman–Crippen LogP) is 1.48. The van der Waals surface area contributed by atoms with Crippen LogP contribution in [0.4, 0.5) is 0 Å². The molecule has 0 aliphatic carbocycles. The van der Waals surface area contributed by atoms with Crippen molar-refractivity contribution in [2.24, 2.45) is 11.7 Å². The highest BCUT2D eigenvalue weighted by Crippen LogP contribution is 2.20. The third kappa shape index (κ3) is 2.59. The molecule has 0 aromatic carbocycles. The molecule has 1 atom stereocenters. The molecule has 54 valence electrons. The molecule has 2 N–H and O–H groups in total. The van der Waals surface area contributed by atoms with E-state index in [0.717, 1.165) is 12.5 Å². The van der Waals surface area contributed by atoms with Gasteiger partial charge in [-0.25, -0.2) is 0 Å². The van der Waals surface area contributed by atoms with E-state index in [1.54, 1.807) is 0 Å². The van der Waals surface area contributed by atoms with E-state index in [0.29, 0.717) is 0 Å². The maximum atomic E-state index is 5.56. The molecule has 0 amide bonds. The van der Waals surface area contributed by atoms with Gasteiger partial charge in [0, 0.05) is 0 Å². The molecule has 1 aliphatic rings. The summed E-state index contributed by atoms with van der Waals surface area (Å²) in [5.41, 5.74) is 5.56. The molecule has 1 rings (SSSR count). The summed E-state index contributed by atoms with van der Waals surface area (Å²) in [7, 11) is 0. The Kier molecular flexibility index (Phi) is 3.44. The standard InChI is InChI=1S/C7H15NS/c8-6-7-2-1-4-9-5-3-7/h7H,1-6,8H2. The number of thioether (sulfide) groups is 1. The van der Waals surface area contributed by atoms with Crippen LogP contribution in [0.5, 0.6) is 0 Å². The first-order chi connectivity index (χ1) is 4.43. The van der Waals surface area contributed by atoms with Gasteiger partial charge in [0.05, 0.1) is 0 Å². The SMILES string of the molecule is NCC1CCCSCC1. The lowest BCUT2D eigenvalue weighted by Crippen LogP contribution is -2.13. The minimum absolute atomic E-state index is 0.833. The van der Waals surface area contributed by atoms with Crippen LogP contribution in [0.2, 0.25) is 0 Å². The van der Waals surface area contributed by atoms with Gasteiger partial charge in [0.25, 0.3) is 0 Å². The Morgan fingerprint density at radius 1 is 1.33 bits per heavy atom. The van der Waals surface area contributed by atoms with E-state index in [4.69, 9.17) is 5.73 Å². The Morgan fingerprint density at radius 2 is 2.22 bits per heavy atom. The van der Waals surface area contributed by atoms with Crippen molar-refractivity contribution in [2.75, 3.05) is 18.1 Å². The van der Waals surface area contributed by atoms with Gasteiger partial charge < -0.3 is 5.73 Å². The van der Waals surface area contributed by atoms with E-state index < -0.39 is 0 Å². The van der Waals surface area contributed by atoms with Crippen molar-refractivity contribution in [1.29, 1.82) is 0 Å². The molecule has 0 saturated carbocycles. The molecule has 0 bridgehead atoms. The van der Waals surface area contributed by atoms with E-state index in [9.17, 15) is 0 Å². The van der Waals surface area contributed by atoms with Crippen molar-refractivity contribution >= 4 is 11.8 Å². The summed E-state index contributed by atoms with van der Waals surface area (Å²) in [5, 5.41) is 0. The summed E-state index contributed by atoms with van der Waals surface area (Å²) in [6.07, 6.45) is 4.09. The van der Waals surface area contributed by atoms with E-state index >= 15 is 0 Å². The molecule has 0 radical (unpaired) electrons. The first-order valence-corrected chi connectivity index (χ1v) is 4.87. The van der Waals surface area contributed by atoms with Crippen LogP contribution in [0.1, 0.15) is 19.3 Å². The topological polar surface area (TPSA) is 26.0 Å². The Morgan fingerprint density at radius 3 is 3.00 bits per heavy atom. The third-order valence-electron chi connectivity index (χ3n) is 1.90. The summed E-state index contributed by atoms with van der Waals surface area (Å²) >= 11 is 2.08. The average Bonchev–Trinajstić information content (AvgIpc) is 2.13. The third-order valence-corrected chi connectivity index (χ3v) is 3.01. The molecule has 1 heterocycles. The van der Waals surface area contributed by atoms with Crippen LogP contribution in [-0.2, 0) is 0 Å². The largest absolute Gasteiger partial charge is 0.330 e. The fourth-order valence-corrected chi connectivity index (χ4v) is 2.28. The normalized spacial score (nSPS) is 29.7. The van der Waals surface area contributed by atoms with Crippen molar-refractivity contribution in [1.82, 2.24) is 0 Å². The highest BCUT2D eigenvalue weighted by molar-refractivity contribution is 7.99. The maximum Gasteiger partial charge on any atom is -0.00486 e. The molecule has 1 unspecified atom stereocenters. The summed E-state index contributed by atoms with van der Waals surface area (Å²) in [6.45, 7) is 0.903. The number of hydrogen-bond donors (Lipinski definition) is 1. The molecule has 0 aromatic heterocycles. The van der Waals surface area contributed by atoms with Crippen molar-refractivity contribution in [3.05, 3.63) is 0 Å². The molecular formula is C7H15NS. The molecule has 1 aliphatic heterocycles. The van der Waals surface area contributed by atoms with E-state index in [-0.39, 0.29) is 0 Å². The van der Waals surface area contributed by atoms with Gasteiger partial charge in [-0.15, -0.1) is 0 Å². The Bertz CT molecular complexity index is 67.3. The van der Waals surface area contributed by atoms with Gasteiger partial charge in [0.2, 0.25) is 0 Å². The van der Waals surface area contributed by atoms with Gasteiger partial charge in [-0.2, -0.15) is 11.8 Å². The van der Waals surface area contributed by atoms with Crippen LogP contribution in [-0.4, -0.2) is 18.1 Å². The Balaban J connectivity index is 2.18. The fraction of sp³-hybridized carbons (Fsp3) is 1.00. The Labute approximate surface area is 61.4 Å². The first-order valence-electron chi connectivity index (χ1n) is 3.71. The maximum absolute atomic E-state index is 5.56. The second-order valence-corrected chi connectivity index (χ2v) is 3.87. The molecule has 2 heteroatoms. The molecule has 9 heavy (non-hydrogen) atoms. The van der Waals surface area contributed by atoms with Crippen LogP contribution in [0.3, 0.4) is 0 Å². The zero-order valence-corrected chi connectivity index (χ0v) is 6.62. The zero-order valence-electron chi connectivity index (χ0n) is 5.81.